The first-order valence-electron chi connectivity index (χ1n) is 6.41. The summed E-state index contributed by atoms with van der Waals surface area (Å²) < 4.78 is 0. The molecule has 1 aromatic carbocycles. The van der Waals surface area contributed by atoms with Crippen LogP contribution in [0.1, 0.15) is 54.5 Å². The third kappa shape index (κ3) is 1.82. The number of hydrogen-bond acceptors (Lipinski definition) is 0. The predicted molar refractivity (Wildman–Crippen MR) is 66.6 cm³/mol. The van der Waals surface area contributed by atoms with Crippen molar-refractivity contribution in [2.75, 3.05) is 0 Å². The Morgan fingerprint density at radius 2 is 2.00 bits per heavy atom. The molecule has 1 aromatic rings. The molecule has 0 aliphatic heterocycles. The van der Waals surface area contributed by atoms with Gasteiger partial charge in [0, 0.05) is 0 Å². The number of rotatable bonds is 3. The molecule has 0 heterocycles. The van der Waals surface area contributed by atoms with Crippen molar-refractivity contribution < 1.29 is 0 Å². The van der Waals surface area contributed by atoms with Crippen LogP contribution < -0.4 is 0 Å². The van der Waals surface area contributed by atoms with Crippen molar-refractivity contribution in [1.29, 1.82) is 0 Å². The summed E-state index contributed by atoms with van der Waals surface area (Å²) in [7, 11) is 0. The summed E-state index contributed by atoms with van der Waals surface area (Å²) in [6.45, 7) is 6.91. The highest BCUT2D eigenvalue weighted by Crippen LogP contribution is 2.30. The smallest absolute Gasteiger partial charge is 0.0270 e. The number of fused-ring (bicyclic) bond motifs is 1. The second-order valence-corrected chi connectivity index (χ2v) is 4.73. The average molecular weight is 202 g/mol. The van der Waals surface area contributed by atoms with Crippen molar-refractivity contribution in [3.05, 3.63) is 33.9 Å². The zero-order chi connectivity index (χ0) is 10.8. The van der Waals surface area contributed by atoms with Crippen molar-refractivity contribution in [3.63, 3.8) is 0 Å². The van der Waals surface area contributed by atoms with E-state index < -0.39 is 0 Å². The predicted octanol–water partition coefficient (Wildman–Crippen LogP) is 4.00. The van der Waals surface area contributed by atoms with Gasteiger partial charge in [-0.05, 0) is 66.8 Å². The summed E-state index contributed by atoms with van der Waals surface area (Å²) in [4.78, 5) is 0. The van der Waals surface area contributed by atoms with Crippen LogP contribution in [0.25, 0.3) is 0 Å². The molecule has 0 spiro atoms. The molecule has 0 bridgehead atoms. The molecule has 0 unspecified atom stereocenters. The van der Waals surface area contributed by atoms with Crippen LogP contribution in [0.5, 0.6) is 0 Å². The summed E-state index contributed by atoms with van der Waals surface area (Å²) in [5.41, 5.74) is 8.19. The molecule has 0 saturated heterocycles. The molecule has 1 aliphatic rings. The molecule has 0 N–H and O–H groups in total. The molecule has 0 fully saturated rings. The second-order valence-electron chi connectivity index (χ2n) is 4.73. The lowest BCUT2D eigenvalue weighted by atomic mass is 9.90. The molecule has 0 nitrogen and oxygen atoms in total. The lowest BCUT2D eigenvalue weighted by Gasteiger charge is -2.15. The maximum atomic E-state index is 2.49. The summed E-state index contributed by atoms with van der Waals surface area (Å²) >= 11 is 0. The van der Waals surface area contributed by atoms with Gasteiger partial charge in [-0.15, -0.1) is 0 Å². The first kappa shape index (κ1) is 10.7. The fraction of sp³-hybridized carbons (Fsp3) is 0.600. The van der Waals surface area contributed by atoms with Crippen molar-refractivity contribution in [3.8, 4) is 0 Å². The van der Waals surface area contributed by atoms with Gasteiger partial charge in [0.1, 0.15) is 0 Å². The Morgan fingerprint density at radius 1 is 1.20 bits per heavy atom. The minimum atomic E-state index is 1.20. The Kier molecular flexibility index (Phi) is 3.14. The molecule has 0 heteroatoms. The Hall–Kier alpha value is -0.780. The molecule has 1 aliphatic carbocycles. The molecular formula is C15H22. The summed E-state index contributed by atoms with van der Waals surface area (Å²) in [5.74, 6) is 0. The molecule has 0 saturated carbocycles. The largest absolute Gasteiger partial charge is 0.0651 e. The van der Waals surface area contributed by atoms with Gasteiger partial charge in [0.15, 0.2) is 0 Å². The molecule has 82 valence electrons. The Balaban J connectivity index is 2.51. The highest BCUT2D eigenvalue weighted by Gasteiger charge is 2.17. The minimum Gasteiger partial charge on any atom is -0.0651 e. The van der Waals surface area contributed by atoms with E-state index in [1.165, 1.54) is 38.5 Å². The summed E-state index contributed by atoms with van der Waals surface area (Å²) in [5, 5.41) is 0. The lowest BCUT2D eigenvalue weighted by Crippen LogP contribution is -2.01. The molecule has 0 atom stereocenters. The van der Waals surface area contributed by atoms with E-state index in [1.807, 2.05) is 0 Å². The maximum Gasteiger partial charge on any atom is -0.0270 e. The Bertz CT molecular complexity index is 361. The minimum absolute atomic E-state index is 1.20. The van der Waals surface area contributed by atoms with Crippen LogP contribution in [-0.2, 0) is 25.7 Å². The molecule has 0 amide bonds. The van der Waals surface area contributed by atoms with Crippen LogP contribution >= 0.6 is 0 Å². The maximum absolute atomic E-state index is 2.49. The van der Waals surface area contributed by atoms with Gasteiger partial charge < -0.3 is 0 Å². The first-order valence-corrected chi connectivity index (χ1v) is 6.41. The normalized spacial score (nSPS) is 14.3. The van der Waals surface area contributed by atoms with Crippen LogP contribution in [-0.4, -0.2) is 0 Å². The fourth-order valence-electron chi connectivity index (χ4n) is 2.99. The topological polar surface area (TPSA) is 0 Å². The molecule has 2 rings (SSSR count). The van der Waals surface area contributed by atoms with E-state index in [1.54, 1.807) is 27.8 Å². The highest BCUT2D eigenvalue weighted by molar-refractivity contribution is 5.47. The number of benzene rings is 1. The monoisotopic (exact) mass is 202 g/mol. The van der Waals surface area contributed by atoms with E-state index >= 15 is 0 Å². The molecule has 0 aromatic heterocycles. The Morgan fingerprint density at radius 3 is 2.67 bits per heavy atom. The van der Waals surface area contributed by atoms with Crippen LogP contribution in [0, 0.1) is 6.92 Å². The van der Waals surface area contributed by atoms with Gasteiger partial charge in [-0.3, -0.25) is 0 Å². The Labute approximate surface area is 93.7 Å². The van der Waals surface area contributed by atoms with Crippen molar-refractivity contribution in [2.24, 2.45) is 0 Å². The highest BCUT2D eigenvalue weighted by atomic mass is 14.2. The second kappa shape index (κ2) is 4.38. The summed E-state index contributed by atoms with van der Waals surface area (Å²) in [6, 6.07) is 2.49. The van der Waals surface area contributed by atoms with E-state index in [-0.39, 0.29) is 0 Å². The quantitative estimate of drug-likeness (QED) is 0.695. The van der Waals surface area contributed by atoms with E-state index in [0.717, 1.165) is 0 Å². The average Bonchev–Trinajstić information content (AvgIpc) is 2.70. The number of aryl methyl sites for hydroxylation is 2. The standard InChI is InChI=1S/C15H22/c1-4-7-14-11(3)15-9-6-8-13(15)10-12(14)5-2/h10H,4-9H2,1-3H3. The molecule has 0 radical (unpaired) electrons. The first-order chi connectivity index (χ1) is 7.27. The van der Waals surface area contributed by atoms with Gasteiger partial charge in [-0.25, -0.2) is 0 Å². The van der Waals surface area contributed by atoms with Crippen molar-refractivity contribution in [2.45, 2.75) is 59.3 Å². The molecular weight excluding hydrogens is 180 g/mol. The third-order valence-corrected chi connectivity index (χ3v) is 3.78. The van der Waals surface area contributed by atoms with Crippen LogP contribution in [0.15, 0.2) is 6.07 Å². The van der Waals surface area contributed by atoms with Crippen LogP contribution in [0.2, 0.25) is 0 Å². The zero-order valence-electron chi connectivity index (χ0n) is 10.3. The van der Waals surface area contributed by atoms with Gasteiger partial charge in [0.25, 0.3) is 0 Å². The molecule has 15 heavy (non-hydrogen) atoms. The van der Waals surface area contributed by atoms with Gasteiger partial charge in [-0.1, -0.05) is 26.3 Å². The van der Waals surface area contributed by atoms with E-state index in [2.05, 4.69) is 26.8 Å². The summed E-state index contributed by atoms with van der Waals surface area (Å²) in [6.07, 6.45) is 7.74. The van der Waals surface area contributed by atoms with Gasteiger partial charge in [-0.2, -0.15) is 0 Å². The van der Waals surface area contributed by atoms with Crippen molar-refractivity contribution >= 4 is 0 Å². The SMILES string of the molecule is CCCc1c(CC)cc2c(c1C)CCC2. The fourth-order valence-corrected chi connectivity index (χ4v) is 2.99. The van der Waals surface area contributed by atoms with E-state index in [4.69, 9.17) is 0 Å². The van der Waals surface area contributed by atoms with E-state index in [9.17, 15) is 0 Å². The third-order valence-electron chi connectivity index (χ3n) is 3.78. The van der Waals surface area contributed by atoms with Crippen LogP contribution in [0.3, 0.4) is 0 Å². The van der Waals surface area contributed by atoms with Gasteiger partial charge in [0.05, 0.1) is 0 Å². The lowest BCUT2D eigenvalue weighted by molar-refractivity contribution is 0.881. The zero-order valence-corrected chi connectivity index (χ0v) is 10.3. The van der Waals surface area contributed by atoms with Crippen molar-refractivity contribution in [1.82, 2.24) is 0 Å². The van der Waals surface area contributed by atoms with Crippen LogP contribution in [0.4, 0.5) is 0 Å². The van der Waals surface area contributed by atoms with Gasteiger partial charge in [0.2, 0.25) is 0 Å². The van der Waals surface area contributed by atoms with Gasteiger partial charge >= 0.3 is 0 Å². The van der Waals surface area contributed by atoms with E-state index in [0.29, 0.717) is 0 Å². The number of hydrogen-bond donors (Lipinski definition) is 0.